The van der Waals surface area contributed by atoms with Crippen LogP contribution >= 0.6 is 0 Å². The van der Waals surface area contributed by atoms with Crippen molar-refractivity contribution < 1.29 is 22.5 Å². The zero-order valence-electron chi connectivity index (χ0n) is 12.4. The molecule has 0 bridgehead atoms. The number of aliphatic hydroxyl groups is 1. The standard InChI is InChI=1S/C12H26O5SSi/c1-11(2,3)19(4,5)17-9-10(13)8-12(6-7-12)18(14,15)16/h10,13H,6-9H2,1-5H3,(H,14,15,16). The van der Waals surface area contributed by atoms with Crippen molar-refractivity contribution in [2.75, 3.05) is 6.61 Å². The first kappa shape index (κ1) is 17.1. The summed E-state index contributed by atoms with van der Waals surface area (Å²) in [6, 6.07) is 0. The maximum absolute atomic E-state index is 11.2. The Morgan fingerprint density at radius 1 is 1.32 bits per heavy atom. The molecule has 0 heterocycles. The van der Waals surface area contributed by atoms with Gasteiger partial charge in [0.05, 0.1) is 12.7 Å². The van der Waals surface area contributed by atoms with Crippen LogP contribution in [0.25, 0.3) is 0 Å². The summed E-state index contributed by atoms with van der Waals surface area (Å²) in [4.78, 5) is 0. The highest BCUT2D eigenvalue weighted by molar-refractivity contribution is 7.87. The third kappa shape index (κ3) is 4.01. The van der Waals surface area contributed by atoms with E-state index in [1.807, 2.05) is 0 Å². The molecule has 1 rings (SSSR count). The number of hydrogen-bond acceptors (Lipinski definition) is 4. The molecule has 0 aromatic carbocycles. The first-order chi connectivity index (χ1) is 8.31. The SMILES string of the molecule is CC(C)(C)[Si](C)(C)OCC(O)CC1(S(=O)(=O)O)CC1. The summed E-state index contributed by atoms with van der Waals surface area (Å²) in [5, 5.41) is 9.99. The average molecular weight is 310 g/mol. The Kier molecular flexibility index (Phi) is 4.60. The Morgan fingerprint density at radius 3 is 2.11 bits per heavy atom. The van der Waals surface area contributed by atoms with E-state index in [9.17, 15) is 13.5 Å². The lowest BCUT2D eigenvalue weighted by atomic mass is 10.2. The van der Waals surface area contributed by atoms with Crippen LogP contribution in [-0.4, -0.2) is 43.9 Å². The first-order valence-electron chi connectivity index (χ1n) is 6.60. The Balaban J connectivity index is 2.52. The highest BCUT2D eigenvalue weighted by Crippen LogP contribution is 2.47. The molecule has 1 unspecified atom stereocenters. The van der Waals surface area contributed by atoms with E-state index in [1.54, 1.807) is 0 Å². The van der Waals surface area contributed by atoms with Crippen LogP contribution in [0.5, 0.6) is 0 Å². The van der Waals surface area contributed by atoms with Crippen LogP contribution in [0, 0.1) is 0 Å². The van der Waals surface area contributed by atoms with Crippen LogP contribution in [0.4, 0.5) is 0 Å². The predicted octanol–water partition coefficient (Wildman–Crippen LogP) is 2.18. The second kappa shape index (κ2) is 5.11. The van der Waals surface area contributed by atoms with E-state index in [2.05, 4.69) is 33.9 Å². The molecule has 1 aliphatic rings. The zero-order chi connectivity index (χ0) is 15.1. The van der Waals surface area contributed by atoms with Gasteiger partial charge in [0.25, 0.3) is 10.1 Å². The van der Waals surface area contributed by atoms with Crippen molar-refractivity contribution in [3.05, 3.63) is 0 Å². The molecular formula is C12H26O5SSi. The van der Waals surface area contributed by atoms with Gasteiger partial charge in [0.15, 0.2) is 8.32 Å². The Morgan fingerprint density at radius 2 is 1.79 bits per heavy atom. The molecule has 7 heteroatoms. The van der Waals surface area contributed by atoms with Crippen molar-refractivity contribution in [2.24, 2.45) is 0 Å². The summed E-state index contributed by atoms with van der Waals surface area (Å²) >= 11 is 0. The highest BCUT2D eigenvalue weighted by Gasteiger charge is 2.55. The van der Waals surface area contributed by atoms with Gasteiger partial charge in [-0.3, -0.25) is 4.55 Å². The monoisotopic (exact) mass is 310 g/mol. The predicted molar refractivity (Wildman–Crippen MR) is 77.3 cm³/mol. The largest absolute Gasteiger partial charge is 0.414 e. The second-order valence-corrected chi connectivity index (χ2v) is 13.7. The van der Waals surface area contributed by atoms with E-state index < -0.39 is 29.3 Å². The fourth-order valence-electron chi connectivity index (χ4n) is 1.72. The summed E-state index contributed by atoms with van der Waals surface area (Å²) in [5.74, 6) is 0. The lowest BCUT2D eigenvalue weighted by Gasteiger charge is -2.37. The maximum Gasteiger partial charge on any atom is 0.270 e. The van der Waals surface area contributed by atoms with Crippen LogP contribution in [0.15, 0.2) is 0 Å². The fraction of sp³-hybridized carbons (Fsp3) is 1.00. The lowest BCUT2D eigenvalue weighted by molar-refractivity contribution is 0.0897. The third-order valence-electron chi connectivity index (χ3n) is 4.41. The normalized spacial score (nSPS) is 21.2. The lowest BCUT2D eigenvalue weighted by Crippen LogP contribution is -2.43. The van der Waals surface area contributed by atoms with E-state index in [1.165, 1.54) is 0 Å². The van der Waals surface area contributed by atoms with Crippen LogP contribution in [0.3, 0.4) is 0 Å². The number of rotatable bonds is 6. The summed E-state index contributed by atoms with van der Waals surface area (Å²) in [6.07, 6.45) is 0.0467. The molecule has 1 atom stereocenters. The van der Waals surface area contributed by atoms with E-state index in [0.717, 1.165) is 0 Å². The molecule has 0 aromatic heterocycles. The van der Waals surface area contributed by atoms with Gasteiger partial charge < -0.3 is 9.53 Å². The van der Waals surface area contributed by atoms with Gasteiger partial charge in [-0.05, 0) is 37.4 Å². The zero-order valence-corrected chi connectivity index (χ0v) is 14.2. The molecule has 0 amide bonds. The van der Waals surface area contributed by atoms with Crippen molar-refractivity contribution in [1.29, 1.82) is 0 Å². The first-order valence-corrected chi connectivity index (χ1v) is 10.9. The number of aliphatic hydroxyl groups excluding tert-OH is 1. The molecule has 19 heavy (non-hydrogen) atoms. The van der Waals surface area contributed by atoms with Crippen LogP contribution in [0.1, 0.15) is 40.0 Å². The average Bonchev–Trinajstić information content (AvgIpc) is 2.93. The van der Waals surface area contributed by atoms with Gasteiger partial charge in [-0.2, -0.15) is 8.42 Å². The van der Waals surface area contributed by atoms with Gasteiger partial charge in [0.2, 0.25) is 0 Å². The van der Waals surface area contributed by atoms with E-state index in [4.69, 9.17) is 8.98 Å². The minimum atomic E-state index is -4.07. The second-order valence-electron chi connectivity index (χ2n) is 7.09. The molecule has 114 valence electrons. The quantitative estimate of drug-likeness (QED) is 0.580. The van der Waals surface area contributed by atoms with Crippen LogP contribution in [-0.2, 0) is 14.5 Å². The van der Waals surface area contributed by atoms with E-state index >= 15 is 0 Å². The van der Waals surface area contributed by atoms with Crippen molar-refractivity contribution in [3.8, 4) is 0 Å². The highest BCUT2D eigenvalue weighted by atomic mass is 32.2. The van der Waals surface area contributed by atoms with E-state index in [-0.39, 0.29) is 18.1 Å². The van der Waals surface area contributed by atoms with Gasteiger partial charge in [0, 0.05) is 0 Å². The summed E-state index contributed by atoms with van der Waals surface area (Å²) in [5.41, 5.74) is 0. The Hall–Kier alpha value is 0.0469. The van der Waals surface area contributed by atoms with Crippen molar-refractivity contribution in [3.63, 3.8) is 0 Å². The van der Waals surface area contributed by atoms with Crippen LogP contribution < -0.4 is 0 Å². The summed E-state index contributed by atoms with van der Waals surface area (Å²) in [6.45, 7) is 10.6. The van der Waals surface area contributed by atoms with Gasteiger partial charge in [-0.25, -0.2) is 0 Å². The molecule has 1 fully saturated rings. The topological polar surface area (TPSA) is 83.8 Å². The van der Waals surface area contributed by atoms with Crippen molar-refractivity contribution in [1.82, 2.24) is 0 Å². The Bertz CT molecular complexity index is 420. The van der Waals surface area contributed by atoms with Crippen molar-refractivity contribution in [2.45, 2.75) is 69.0 Å². The minimum absolute atomic E-state index is 0.0487. The van der Waals surface area contributed by atoms with E-state index in [0.29, 0.717) is 12.8 Å². The van der Waals surface area contributed by atoms with Gasteiger partial charge >= 0.3 is 0 Å². The molecular weight excluding hydrogens is 284 g/mol. The molecule has 1 saturated carbocycles. The van der Waals surface area contributed by atoms with Crippen LogP contribution in [0.2, 0.25) is 18.1 Å². The molecule has 0 saturated heterocycles. The fourth-order valence-corrected chi connectivity index (χ4v) is 3.78. The molecule has 0 spiro atoms. The summed E-state index contributed by atoms with van der Waals surface area (Å²) < 4.78 is 36.3. The van der Waals surface area contributed by atoms with Gasteiger partial charge in [0.1, 0.15) is 4.75 Å². The summed E-state index contributed by atoms with van der Waals surface area (Å²) in [7, 11) is -6.01. The molecule has 1 aliphatic carbocycles. The maximum atomic E-state index is 11.2. The molecule has 5 nitrogen and oxygen atoms in total. The smallest absolute Gasteiger partial charge is 0.270 e. The minimum Gasteiger partial charge on any atom is -0.414 e. The Labute approximate surface area is 117 Å². The van der Waals surface area contributed by atoms with Gasteiger partial charge in [-0.1, -0.05) is 20.8 Å². The molecule has 0 aromatic rings. The number of hydrogen-bond donors (Lipinski definition) is 2. The van der Waals surface area contributed by atoms with Gasteiger partial charge in [-0.15, -0.1) is 0 Å². The van der Waals surface area contributed by atoms with Crippen molar-refractivity contribution >= 4 is 18.4 Å². The molecule has 2 N–H and O–H groups in total. The third-order valence-corrected chi connectivity index (χ3v) is 10.6. The molecule has 0 radical (unpaired) electrons. The molecule has 0 aliphatic heterocycles.